The molecule has 1 heterocycles. The number of primary amides is 1. The lowest BCUT2D eigenvalue weighted by Gasteiger charge is -2.23. The number of furan rings is 1. The molecule has 0 radical (unpaired) electrons. The summed E-state index contributed by atoms with van der Waals surface area (Å²) in [6.07, 6.45) is 0. The maximum atomic E-state index is 11.1. The lowest BCUT2D eigenvalue weighted by Crippen LogP contribution is -2.36. The van der Waals surface area contributed by atoms with Crippen molar-refractivity contribution in [3.8, 4) is 5.75 Å². The molecule has 29 heavy (non-hydrogen) atoms. The van der Waals surface area contributed by atoms with Gasteiger partial charge in [0.2, 0.25) is 0 Å². The van der Waals surface area contributed by atoms with Crippen LogP contribution in [0, 0.1) is 6.92 Å². The van der Waals surface area contributed by atoms with Crippen molar-refractivity contribution >= 4 is 35.8 Å². The van der Waals surface area contributed by atoms with Crippen LogP contribution in [0.2, 0.25) is 0 Å². The van der Waals surface area contributed by atoms with Crippen LogP contribution in [0.5, 0.6) is 5.75 Å². The number of nitrogens with zero attached hydrogens (tertiary/aromatic N) is 1. The van der Waals surface area contributed by atoms with Gasteiger partial charge >= 0.3 is 0 Å². The predicted molar refractivity (Wildman–Crippen MR) is 126 cm³/mol. The average Bonchev–Trinajstić information content (AvgIpc) is 3.06. The second-order valence-corrected chi connectivity index (χ2v) is 7.50. The van der Waals surface area contributed by atoms with E-state index in [0.29, 0.717) is 24.8 Å². The Morgan fingerprint density at radius 1 is 1.21 bits per heavy atom. The molecule has 0 aliphatic carbocycles. The molecule has 0 unspecified atom stereocenters. The first-order chi connectivity index (χ1) is 13.2. The molecule has 4 N–H and O–H groups in total. The maximum Gasteiger partial charge on any atom is 0.284 e. The van der Waals surface area contributed by atoms with Gasteiger partial charge in [-0.25, -0.2) is 4.99 Å². The Balaban J connectivity index is 0.00000420. The lowest BCUT2D eigenvalue weighted by atomic mass is 10.1. The molecule has 1 aromatic carbocycles. The van der Waals surface area contributed by atoms with Crippen molar-refractivity contribution in [1.82, 2.24) is 10.6 Å². The van der Waals surface area contributed by atoms with Gasteiger partial charge < -0.3 is 25.5 Å². The van der Waals surface area contributed by atoms with Crippen LogP contribution in [0.1, 0.15) is 55.1 Å². The number of hydrogen-bond donors (Lipinski definition) is 3. The predicted octanol–water partition coefficient (Wildman–Crippen LogP) is 3.74. The van der Waals surface area contributed by atoms with E-state index in [2.05, 4.69) is 21.7 Å². The highest BCUT2D eigenvalue weighted by atomic mass is 127. The SMILES string of the molecule is CCNC(=NCc1ccc(C)cc1OC(C)(C)C)NCc1ccc(C(N)=O)o1.I. The van der Waals surface area contributed by atoms with Crippen molar-refractivity contribution in [3.63, 3.8) is 0 Å². The first kappa shape index (κ1) is 24.8. The van der Waals surface area contributed by atoms with Gasteiger partial charge in [-0.1, -0.05) is 12.1 Å². The number of carbonyl (C=O) groups is 1. The number of benzene rings is 1. The number of carbonyl (C=O) groups excluding carboxylic acids is 1. The van der Waals surface area contributed by atoms with Crippen LogP contribution in [-0.4, -0.2) is 24.0 Å². The van der Waals surface area contributed by atoms with Crippen molar-refractivity contribution in [2.45, 2.75) is 53.3 Å². The molecule has 2 aromatic rings. The molecule has 0 spiro atoms. The smallest absolute Gasteiger partial charge is 0.284 e. The van der Waals surface area contributed by atoms with Crippen molar-refractivity contribution < 1.29 is 13.9 Å². The Morgan fingerprint density at radius 2 is 1.93 bits per heavy atom. The topological polar surface area (TPSA) is 102 Å². The van der Waals surface area contributed by atoms with Gasteiger partial charge in [-0.15, -0.1) is 24.0 Å². The van der Waals surface area contributed by atoms with Crippen LogP contribution in [0.3, 0.4) is 0 Å². The molecular formula is C21H31IN4O3. The second kappa shape index (κ2) is 11.1. The van der Waals surface area contributed by atoms with Crippen molar-refractivity contribution in [1.29, 1.82) is 0 Å². The third-order valence-corrected chi connectivity index (χ3v) is 3.73. The van der Waals surface area contributed by atoms with E-state index in [4.69, 9.17) is 14.9 Å². The molecule has 7 nitrogen and oxygen atoms in total. The number of nitrogens with two attached hydrogens (primary N) is 1. The zero-order chi connectivity index (χ0) is 20.7. The molecule has 1 amide bonds. The van der Waals surface area contributed by atoms with Crippen LogP contribution in [0.25, 0.3) is 0 Å². The standard InChI is InChI=1S/C21H30N4O3.HI/c1-6-23-20(25-13-16-9-10-17(27-16)19(22)26)24-12-15-8-7-14(2)11-18(15)28-21(3,4)5;/h7-11H,6,12-13H2,1-5H3,(H2,22,26)(H2,23,24,25);1H. The van der Waals surface area contributed by atoms with Crippen LogP contribution in [0.15, 0.2) is 39.7 Å². The number of nitrogens with one attached hydrogen (secondary N) is 2. The number of aryl methyl sites for hydroxylation is 1. The molecule has 0 atom stereocenters. The highest BCUT2D eigenvalue weighted by Gasteiger charge is 2.15. The Morgan fingerprint density at radius 3 is 2.52 bits per heavy atom. The van der Waals surface area contributed by atoms with Crippen molar-refractivity contribution in [2.75, 3.05) is 6.54 Å². The van der Waals surface area contributed by atoms with Crippen molar-refractivity contribution in [3.05, 3.63) is 53.0 Å². The number of ether oxygens (including phenoxy) is 1. The molecule has 0 saturated carbocycles. The molecule has 2 rings (SSSR count). The van der Waals surface area contributed by atoms with Crippen LogP contribution < -0.4 is 21.1 Å². The normalized spacial score (nSPS) is 11.6. The zero-order valence-corrected chi connectivity index (χ0v) is 20.0. The highest BCUT2D eigenvalue weighted by Crippen LogP contribution is 2.25. The van der Waals surface area contributed by atoms with Gasteiger partial charge in [-0.05, 0) is 58.4 Å². The molecule has 0 saturated heterocycles. The number of halogens is 1. The van der Waals surface area contributed by atoms with E-state index in [0.717, 1.165) is 23.4 Å². The minimum Gasteiger partial charge on any atom is -0.488 e. The minimum atomic E-state index is -0.586. The molecular weight excluding hydrogens is 483 g/mol. The first-order valence-electron chi connectivity index (χ1n) is 9.37. The number of hydrogen-bond acceptors (Lipinski definition) is 4. The van der Waals surface area contributed by atoms with Gasteiger partial charge in [0.1, 0.15) is 17.1 Å². The van der Waals surface area contributed by atoms with E-state index in [1.807, 2.05) is 46.8 Å². The van der Waals surface area contributed by atoms with E-state index in [-0.39, 0.29) is 35.3 Å². The summed E-state index contributed by atoms with van der Waals surface area (Å²) in [6, 6.07) is 9.40. The zero-order valence-electron chi connectivity index (χ0n) is 17.7. The maximum absolute atomic E-state index is 11.1. The Bertz CT molecular complexity index is 841. The Hall–Kier alpha value is -2.23. The summed E-state index contributed by atoms with van der Waals surface area (Å²) in [5, 5.41) is 6.39. The third-order valence-electron chi connectivity index (χ3n) is 3.73. The Labute approximate surface area is 189 Å². The van der Waals surface area contributed by atoms with E-state index in [9.17, 15) is 4.79 Å². The fourth-order valence-electron chi connectivity index (χ4n) is 2.50. The second-order valence-electron chi connectivity index (χ2n) is 7.50. The number of rotatable bonds is 7. The van der Waals surface area contributed by atoms with Crippen LogP contribution in [-0.2, 0) is 13.1 Å². The van der Waals surface area contributed by atoms with Crippen LogP contribution >= 0.6 is 24.0 Å². The molecule has 0 bridgehead atoms. The molecule has 0 aliphatic heterocycles. The summed E-state index contributed by atoms with van der Waals surface area (Å²) in [7, 11) is 0. The van der Waals surface area contributed by atoms with Gasteiger partial charge in [0.25, 0.3) is 5.91 Å². The van der Waals surface area contributed by atoms with Crippen LogP contribution in [0.4, 0.5) is 0 Å². The minimum absolute atomic E-state index is 0. The molecule has 1 aromatic heterocycles. The fraction of sp³-hybridized carbons (Fsp3) is 0.429. The molecule has 8 heteroatoms. The first-order valence-corrected chi connectivity index (χ1v) is 9.37. The highest BCUT2D eigenvalue weighted by molar-refractivity contribution is 14.0. The summed E-state index contributed by atoms with van der Waals surface area (Å²) < 4.78 is 11.5. The molecule has 0 fully saturated rings. The van der Waals surface area contributed by atoms with E-state index in [1.165, 1.54) is 0 Å². The van der Waals surface area contributed by atoms with Gasteiger partial charge in [-0.2, -0.15) is 0 Å². The monoisotopic (exact) mass is 514 g/mol. The number of aliphatic imine (C=N–C) groups is 1. The van der Waals surface area contributed by atoms with Gasteiger partial charge in [0.05, 0.1) is 13.1 Å². The summed E-state index contributed by atoms with van der Waals surface area (Å²) in [4.78, 5) is 15.8. The quantitative estimate of drug-likeness (QED) is 0.297. The lowest BCUT2D eigenvalue weighted by molar-refractivity contribution is 0.0972. The van der Waals surface area contributed by atoms with Gasteiger partial charge in [-0.3, -0.25) is 4.79 Å². The van der Waals surface area contributed by atoms with E-state index < -0.39 is 5.91 Å². The number of guanidine groups is 1. The van der Waals surface area contributed by atoms with E-state index >= 15 is 0 Å². The summed E-state index contributed by atoms with van der Waals surface area (Å²) in [5.74, 6) is 1.64. The molecule has 160 valence electrons. The summed E-state index contributed by atoms with van der Waals surface area (Å²) in [5.41, 5.74) is 7.07. The number of amides is 1. The van der Waals surface area contributed by atoms with Gasteiger partial charge in [0, 0.05) is 12.1 Å². The van der Waals surface area contributed by atoms with Gasteiger partial charge in [0.15, 0.2) is 11.7 Å². The fourth-order valence-corrected chi connectivity index (χ4v) is 2.50. The largest absolute Gasteiger partial charge is 0.488 e. The summed E-state index contributed by atoms with van der Waals surface area (Å²) >= 11 is 0. The summed E-state index contributed by atoms with van der Waals surface area (Å²) in [6.45, 7) is 11.7. The average molecular weight is 514 g/mol. The molecule has 0 aliphatic rings. The van der Waals surface area contributed by atoms with Crippen molar-refractivity contribution in [2.24, 2.45) is 10.7 Å². The van der Waals surface area contributed by atoms with E-state index in [1.54, 1.807) is 12.1 Å². The Kier molecular flexibility index (Phi) is 9.48. The third kappa shape index (κ3) is 8.35.